The molecule has 0 saturated carbocycles. The third kappa shape index (κ3) is 4.19. The van der Waals surface area contributed by atoms with Gasteiger partial charge in [-0.05, 0) is 39.8 Å². The van der Waals surface area contributed by atoms with Gasteiger partial charge in [0.25, 0.3) is 0 Å². The molecule has 132 valence electrons. The average Bonchev–Trinajstić information content (AvgIpc) is 3.04. The summed E-state index contributed by atoms with van der Waals surface area (Å²) in [6.07, 6.45) is 0.740. The van der Waals surface area contributed by atoms with Crippen molar-refractivity contribution in [2.75, 3.05) is 12.4 Å². The summed E-state index contributed by atoms with van der Waals surface area (Å²) >= 11 is 0. The van der Waals surface area contributed by atoms with E-state index in [-0.39, 0.29) is 5.54 Å². The molecule has 2 aromatic heterocycles. The number of benzene rings is 1. The molecule has 0 radical (unpaired) electrons. The van der Waals surface area contributed by atoms with Crippen LogP contribution >= 0.6 is 0 Å². The van der Waals surface area contributed by atoms with Gasteiger partial charge < -0.3 is 10.4 Å². The summed E-state index contributed by atoms with van der Waals surface area (Å²) in [6.45, 7) is 8.17. The molecule has 2 heterocycles. The Morgan fingerprint density at radius 3 is 2.52 bits per heavy atom. The van der Waals surface area contributed by atoms with Gasteiger partial charge >= 0.3 is 0 Å². The first-order chi connectivity index (χ1) is 11.9. The maximum absolute atomic E-state index is 10.9. The van der Waals surface area contributed by atoms with E-state index >= 15 is 0 Å². The molecule has 0 unspecified atom stereocenters. The summed E-state index contributed by atoms with van der Waals surface area (Å²) < 4.78 is 0. The van der Waals surface area contributed by atoms with Crippen LogP contribution in [0.3, 0.4) is 0 Å². The molecule has 7 heteroatoms. The Morgan fingerprint density at radius 2 is 1.92 bits per heavy atom. The van der Waals surface area contributed by atoms with Gasteiger partial charge in [-0.1, -0.05) is 12.1 Å². The smallest absolute Gasteiger partial charge is 0.167 e. The molecular formula is C18H23N5O2. The number of aryl methyl sites for hydroxylation is 1. The highest BCUT2D eigenvalue weighted by Gasteiger charge is 2.16. The van der Waals surface area contributed by atoms with Crippen molar-refractivity contribution >= 4 is 23.1 Å². The van der Waals surface area contributed by atoms with Crippen LogP contribution in [0.1, 0.15) is 37.0 Å². The number of nitrogens with zero attached hydrogens (tertiary/aromatic N) is 3. The number of hydrogen-bond donors (Lipinski definition) is 3. The van der Waals surface area contributed by atoms with Gasteiger partial charge in [0.15, 0.2) is 6.29 Å². The summed E-state index contributed by atoms with van der Waals surface area (Å²) in [5, 5.41) is 17.3. The van der Waals surface area contributed by atoms with Gasteiger partial charge in [0.05, 0.1) is 22.6 Å². The predicted molar refractivity (Wildman–Crippen MR) is 98.8 cm³/mol. The number of fused-ring (bicyclic) bond motifs is 1. The number of carbonyl (C=O) groups is 1. The van der Waals surface area contributed by atoms with E-state index in [4.69, 9.17) is 10.1 Å². The van der Waals surface area contributed by atoms with Crippen molar-refractivity contribution in [3.8, 4) is 11.3 Å². The first-order valence-corrected chi connectivity index (χ1v) is 7.88. The molecule has 1 aromatic carbocycles. The second-order valence-electron chi connectivity index (χ2n) is 6.53. The minimum absolute atomic E-state index is 0.112. The molecular weight excluding hydrogens is 318 g/mol. The zero-order valence-electron chi connectivity index (χ0n) is 15.1. The van der Waals surface area contributed by atoms with Crippen LogP contribution in [0, 0.1) is 6.92 Å². The molecule has 3 aromatic rings. The molecule has 7 nitrogen and oxygen atoms in total. The topological polar surface area (TPSA) is 104 Å². The Labute approximate surface area is 146 Å². The van der Waals surface area contributed by atoms with Crippen molar-refractivity contribution in [2.45, 2.75) is 33.2 Å². The number of aldehydes is 1. The van der Waals surface area contributed by atoms with Crippen LogP contribution in [0.5, 0.6) is 0 Å². The lowest BCUT2D eigenvalue weighted by Gasteiger charge is -2.22. The fraction of sp³-hybridized carbons (Fsp3) is 0.333. The van der Waals surface area contributed by atoms with Gasteiger partial charge in [-0.3, -0.25) is 9.89 Å². The SMILES string of the molecule is CO.Cc1nc2cccc(-c3cc(C=O)[nH]n3)c2nc1NC(C)(C)C. The van der Waals surface area contributed by atoms with E-state index in [9.17, 15) is 4.79 Å². The molecule has 3 N–H and O–H groups in total. The van der Waals surface area contributed by atoms with E-state index in [2.05, 4.69) is 41.3 Å². The Balaban J connectivity index is 0.00000109. The maximum atomic E-state index is 10.9. The number of nitrogens with one attached hydrogen (secondary N) is 2. The fourth-order valence-electron chi connectivity index (χ4n) is 2.38. The molecule has 0 amide bonds. The van der Waals surface area contributed by atoms with Crippen LogP contribution in [0.2, 0.25) is 0 Å². The molecule has 3 rings (SSSR count). The monoisotopic (exact) mass is 341 g/mol. The minimum Gasteiger partial charge on any atom is -0.400 e. The molecule has 25 heavy (non-hydrogen) atoms. The van der Waals surface area contributed by atoms with Crippen molar-refractivity contribution < 1.29 is 9.90 Å². The van der Waals surface area contributed by atoms with Crippen LogP contribution in [0.15, 0.2) is 24.3 Å². The summed E-state index contributed by atoms with van der Waals surface area (Å²) in [7, 11) is 1.00. The minimum atomic E-state index is -0.112. The molecule has 0 saturated heterocycles. The van der Waals surface area contributed by atoms with Crippen LogP contribution in [-0.2, 0) is 0 Å². The van der Waals surface area contributed by atoms with Crippen molar-refractivity contribution in [3.05, 3.63) is 35.7 Å². The molecule has 0 aliphatic rings. The van der Waals surface area contributed by atoms with Gasteiger partial charge in [-0.2, -0.15) is 5.10 Å². The third-order valence-electron chi connectivity index (χ3n) is 3.36. The normalized spacial score (nSPS) is 11.0. The predicted octanol–water partition coefficient (Wildman–Crippen LogP) is 2.96. The quantitative estimate of drug-likeness (QED) is 0.633. The Morgan fingerprint density at radius 1 is 1.20 bits per heavy atom. The molecule has 0 atom stereocenters. The third-order valence-corrected chi connectivity index (χ3v) is 3.36. The Bertz CT molecular complexity index is 881. The summed E-state index contributed by atoms with van der Waals surface area (Å²) in [5.74, 6) is 0.753. The average molecular weight is 341 g/mol. The van der Waals surface area contributed by atoms with Crippen LogP contribution in [-0.4, -0.2) is 44.2 Å². The number of hydrogen-bond acceptors (Lipinski definition) is 6. The zero-order valence-corrected chi connectivity index (χ0v) is 15.1. The van der Waals surface area contributed by atoms with E-state index in [1.807, 2.05) is 25.1 Å². The lowest BCUT2D eigenvalue weighted by molar-refractivity contribution is 0.111. The lowest BCUT2D eigenvalue weighted by atomic mass is 10.1. The summed E-state index contributed by atoms with van der Waals surface area (Å²) in [4.78, 5) is 20.3. The van der Waals surface area contributed by atoms with Gasteiger partial charge in [0.2, 0.25) is 0 Å². The van der Waals surface area contributed by atoms with Gasteiger partial charge in [-0.25, -0.2) is 9.97 Å². The first kappa shape index (κ1) is 18.5. The van der Waals surface area contributed by atoms with E-state index < -0.39 is 0 Å². The van der Waals surface area contributed by atoms with Gasteiger partial charge in [0.1, 0.15) is 11.3 Å². The first-order valence-electron chi connectivity index (χ1n) is 7.88. The fourth-order valence-corrected chi connectivity index (χ4v) is 2.38. The number of carbonyl (C=O) groups excluding carboxylic acids is 1. The Kier molecular flexibility index (Phi) is 5.48. The van der Waals surface area contributed by atoms with Crippen LogP contribution in [0.25, 0.3) is 22.3 Å². The molecule has 0 spiro atoms. The van der Waals surface area contributed by atoms with Crippen molar-refractivity contribution in [1.29, 1.82) is 0 Å². The van der Waals surface area contributed by atoms with Crippen molar-refractivity contribution in [1.82, 2.24) is 20.2 Å². The van der Waals surface area contributed by atoms with E-state index in [0.29, 0.717) is 11.4 Å². The molecule has 0 aliphatic heterocycles. The Hall–Kier alpha value is -2.80. The number of rotatable bonds is 3. The van der Waals surface area contributed by atoms with E-state index in [1.165, 1.54) is 0 Å². The second kappa shape index (κ2) is 7.40. The second-order valence-corrected chi connectivity index (χ2v) is 6.53. The zero-order chi connectivity index (χ0) is 18.6. The number of para-hydroxylation sites is 1. The lowest BCUT2D eigenvalue weighted by Crippen LogP contribution is -2.27. The maximum Gasteiger partial charge on any atom is 0.167 e. The highest BCUT2D eigenvalue weighted by atomic mass is 16.2. The number of H-pyrrole nitrogens is 1. The number of anilines is 1. The van der Waals surface area contributed by atoms with Crippen LogP contribution in [0.4, 0.5) is 5.82 Å². The number of aromatic nitrogens is 4. The largest absolute Gasteiger partial charge is 0.400 e. The van der Waals surface area contributed by atoms with Crippen LogP contribution < -0.4 is 5.32 Å². The molecule has 0 fully saturated rings. The summed E-state index contributed by atoms with van der Waals surface area (Å²) in [5.41, 5.74) is 4.25. The van der Waals surface area contributed by atoms with Crippen molar-refractivity contribution in [2.24, 2.45) is 0 Å². The van der Waals surface area contributed by atoms with E-state index in [1.54, 1.807) is 6.07 Å². The standard InChI is InChI=1S/C17H19N5O.CH4O/c1-10-16(20-17(2,3)4)19-15-12(6-5-7-13(15)18-10)14-8-11(9-23)21-22-14;1-2/h5-9H,1-4H3,(H,19,20)(H,21,22);2H,1H3. The molecule has 0 aliphatic carbocycles. The number of aliphatic hydroxyl groups excluding tert-OH is 1. The number of aromatic amines is 1. The number of aliphatic hydroxyl groups is 1. The van der Waals surface area contributed by atoms with Gasteiger partial charge in [0, 0.05) is 18.2 Å². The van der Waals surface area contributed by atoms with Crippen molar-refractivity contribution in [3.63, 3.8) is 0 Å². The van der Waals surface area contributed by atoms with E-state index in [0.717, 1.165) is 41.5 Å². The molecule has 0 bridgehead atoms. The highest BCUT2D eigenvalue weighted by Crippen LogP contribution is 2.28. The highest BCUT2D eigenvalue weighted by molar-refractivity contribution is 5.92. The van der Waals surface area contributed by atoms with Gasteiger partial charge in [-0.15, -0.1) is 0 Å². The summed E-state index contributed by atoms with van der Waals surface area (Å²) in [6, 6.07) is 7.48.